The Morgan fingerprint density at radius 2 is 1.86 bits per heavy atom. The number of hydrogen-bond donors (Lipinski definition) is 5. The Labute approximate surface area is 86.9 Å². The molecule has 2 unspecified atom stereocenters. The Bertz CT molecular complexity index is 316. The van der Waals surface area contributed by atoms with Crippen molar-refractivity contribution in [2.45, 2.75) is 12.2 Å². The summed E-state index contributed by atoms with van der Waals surface area (Å²) in [5.74, 6) is -0.265. The number of phenols is 2. The summed E-state index contributed by atoms with van der Waals surface area (Å²) in [5, 5.41) is 37.1. The van der Waals surface area contributed by atoms with Gasteiger partial charge in [-0.25, -0.2) is 0 Å². The zero-order chi connectivity index (χ0) is 10.7. The predicted octanol–water partition coefficient (Wildman–Crippen LogP) is 0.422. The topological polar surface area (TPSA) is 80.9 Å². The summed E-state index contributed by atoms with van der Waals surface area (Å²) < 4.78 is 0. The van der Waals surface area contributed by atoms with Gasteiger partial charge < -0.3 is 20.4 Å². The molecule has 0 radical (unpaired) electrons. The van der Waals surface area contributed by atoms with E-state index in [4.69, 9.17) is 5.11 Å². The molecular weight excluding hydrogens is 204 g/mol. The Morgan fingerprint density at radius 3 is 2.36 bits per heavy atom. The summed E-state index contributed by atoms with van der Waals surface area (Å²) in [6, 6.07) is 3.77. The molecule has 14 heavy (non-hydrogen) atoms. The second-order valence-electron chi connectivity index (χ2n) is 2.94. The first-order chi connectivity index (χ1) is 6.56. The van der Waals surface area contributed by atoms with Gasteiger partial charge in [0.1, 0.15) is 17.6 Å². The Hall–Kier alpha value is -0.910. The van der Waals surface area contributed by atoms with E-state index in [0.29, 0.717) is 0 Å². The van der Waals surface area contributed by atoms with Crippen LogP contribution in [-0.2, 0) is 0 Å². The summed E-state index contributed by atoms with van der Waals surface area (Å²) in [4.78, 5) is 0. The van der Waals surface area contributed by atoms with Crippen LogP contribution in [0.2, 0.25) is 0 Å². The van der Waals surface area contributed by atoms with Crippen molar-refractivity contribution in [3.8, 4) is 11.5 Å². The van der Waals surface area contributed by atoms with Gasteiger partial charge in [0.2, 0.25) is 0 Å². The molecule has 78 valence electrons. The molecule has 0 fully saturated rings. The second kappa shape index (κ2) is 4.54. The molecule has 0 spiro atoms. The van der Waals surface area contributed by atoms with E-state index < -0.39 is 12.2 Å². The van der Waals surface area contributed by atoms with E-state index in [9.17, 15) is 15.3 Å². The molecule has 0 heterocycles. The maximum absolute atomic E-state index is 9.52. The molecule has 0 saturated heterocycles. The van der Waals surface area contributed by atoms with E-state index in [1.54, 1.807) is 0 Å². The first-order valence-corrected chi connectivity index (χ1v) is 4.68. The molecule has 2 atom stereocenters. The highest BCUT2D eigenvalue weighted by Crippen LogP contribution is 2.29. The van der Waals surface area contributed by atoms with Crippen LogP contribution >= 0.6 is 12.6 Å². The summed E-state index contributed by atoms with van der Waals surface area (Å²) in [7, 11) is 0. The van der Waals surface area contributed by atoms with Gasteiger partial charge in [-0.15, -0.1) is 0 Å². The van der Waals surface area contributed by atoms with Gasteiger partial charge in [0.05, 0.1) is 6.10 Å². The molecule has 1 aromatic rings. The Morgan fingerprint density at radius 1 is 1.21 bits per heavy atom. The standard InChI is InChI=1S/C9H12O4S/c10-5-1-2-6(7(11)3-5)9(13)8(12)4-14/h1-3,8-14H,4H2. The lowest BCUT2D eigenvalue weighted by atomic mass is 10.0. The van der Waals surface area contributed by atoms with Gasteiger partial charge in [0.25, 0.3) is 0 Å². The average Bonchev–Trinajstić information content (AvgIpc) is 2.15. The van der Waals surface area contributed by atoms with Crippen molar-refractivity contribution in [2.75, 3.05) is 5.75 Å². The maximum atomic E-state index is 9.52. The fraction of sp³-hybridized carbons (Fsp3) is 0.333. The highest BCUT2D eigenvalue weighted by molar-refractivity contribution is 7.80. The highest BCUT2D eigenvalue weighted by Gasteiger charge is 2.19. The number of aliphatic hydroxyl groups is 2. The first-order valence-electron chi connectivity index (χ1n) is 4.05. The SMILES string of the molecule is Oc1ccc(C(O)C(O)CS)c(O)c1. The Balaban J connectivity index is 2.95. The largest absolute Gasteiger partial charge is 0.508 e. The minimum absolute atomic E-state index is 0.0848. The Kier molecular flexibility index (Phi) is 3.62. The smallest absolute Gasteiger partial charge is 0.125 e. The van der Waals surface area contributed by atoms with Gasteiger partial charge in [-0.3, -0.25) is 0 Å². The molecule has 0 amide bonds. The van der Waals surface area contributed by atoms with Crippen LogP contribution in [-0.4, -0.2) is 32.3 Å². The van der Waals surface area contributed by atoms with Crippen LogP contribution in [0, 0.1) is 0 Å². The number of thiol groups is 1. The van der Waals surface area contributed by atoms with Crippen LogP contribution in [0.3, 0.4) is 0 Å². The van der Waals surface area contributed by atoms with Crippen molar-refractivity contribution in [1.29, 1.82) is 0 Å². The van der Waals surface area contributed by atoms with Crippen LogP contribution in [0.25, 0.3) is 0 Å². The minimum Gasteiger partial charge on any atom is -0.508 e. The van der Waals surface area contributed by atoms with Gasteiger partial charge in [-0.05, 0) is 12.1 Å². The number of rotatable bonds is 3. The third-order valence-corrected chi connectivity index (χ3v) is 2.26. The lowest BCUT2D eigenvalue weighted by molar-refractivity contribution is 0.0322. The van der Waals surface area contributed by atoms with E-state index in [1.807, 2.05) is 0 Å². The molecule has 0 aliphatic heterocycles. The van der Waals surface area contributed by atoms with E-state index in [-0.39, 0.29) is 22.8 Å². The van der Waals surface area contributed by atoms with E-state index in [1.165, 1.54) is 12.1 Å². The third-order valence-electron chi connectivity index (χ3n) is 1.88. The lowest BCUT2D eigenvalue weighted by Gasteiger charge is -2.17. The quantitative estimate of drug-likeness (QED) is 0.474. The second-order valence-corrected chi connectivity index (χ2v) is 3.30. The first kappa shape index (κ1) is 11.2. The molecule has 0 aliphatic rings. The summed E-state index contributed by atoms with van der Waals surface area (Å²) in [5.41, 5.74) is 0.171. The number of aliphatic hydroxyl groups excluding tert-OH is 2. The molecule has 0 aliphatic carbocycles. The van der Waals surface area contributed by atoms with E-state index >= 15 is 0 Å². The van der Waals surface area contributed by atoms with E-state index in [0.717, 1.165) is 6.07 Å². The average molecular weight is 216 g/mol. The predicted molar refractivity (Wildman–Crippen MR) is 54.6 cm³/mol. The van der Waals surface area contributed by atoms with E-state index in [2.05, 4.69) is 12.6 Å². The number of hydrogen-bond acceptors (Lipinski definition) is 5. The maximum Gasteiger partial charge on any atom is 0.125 e. The van der Waals surface area contributed by atoms with Crippen LogP contribution in [0.5, 0.6) is 11.5 Å². The molecule has 0 aromatic heterocycles. The molecule has 0 saturated carbocycles. The van der Waals surface area contributed by atoms with Crippen LogP contribution in [0.15, 0.2) is 18.2 Å². The molecule has 1 rings (SSSR count). The van der Waals surface area contributed by atoms with Crippen molar-refractivity contribution in [3.63, 3.8) is 0 Å². The van der Waals surface area contributed by atoms with Gasteiger partial charge >= 0.3 is 0 Å². The van der Waals surface area contributed by atoms with Gasteiger partial charge in [0.15, 0.2) is 0 Å². The van der Waals surface area contributed by atoms with Crippen molar-refractivity contribution in [2.24, 2.45) is 0 Å². The number of aromatic hydroxyl groups is 2. The zero-order valence-corrected chi connectivity index (χ0v) is 8.22. The summed E-state index contributed by atoms with van der Waals surface area (Å²) in [6.45, 7) is 0. The van der Waals surface area contributed by atoms with Crippen LogP contribution in [0.4, 0.5) is 0 Å². The van der Waals surface area contributed by atoms with Crippen LogP contribution < -0.4 is 0 Å². The minimum atomic E-state index is -1.20. The molecular formula is C9H12O4S. The summed E-state index contributed by atoms with van der Waals surface area (Å²) in [6.07, 6.45) is -2.25. The van der Waals surface area contributed by atoms with Crippen molar-refractivity contribution in [3.05, 3.63) is 23.8 Å². The highest BCUT2D eigenvalue weighted by atomic mass is 32.1. The number of phenolic OH excluding ortho intramolecular Hbond substituents is 2. The van der Waals surface area contributed by atoms with Crippen LogP contribution in [0.1, 0.15) is 11.7 Å². The normalized spacial score (nSPS) is 15.1. The fourth-order valence-corrected chi connectivity index (χ4v) is 1.29. The van der Waals surface area contributed by atoms with Crippen molar-refractivity contribution in [1.82, 2.24) is 0 Å². The molecule has 0 bridgehead atoms. The molecule has 5 heteroatoms. The zero-order valence-electron chi connectivity index (χ0n) is 7.33. The number of benzene rings is 1. The monoisotopic (exact) mass is 216 g/mol. The van der Waals surface area contributed by atoms with Crippen molar-refractivity contribution >= 4 is 12.6 Å². The van der Waals surface area contributed by atoms with Crippen molar-refractivity contribution < 1.29 is 20.4 Å². The lowest BCUT2D eigenvalue weighted by Crippen LogP contribution is -2.19. The third kappa shape index (κ3) is 2.31. The molecule has 4 N–H and O–H groups in total. The van der Waals surface area contributed by atoms with Gasteiger partial charge in [-0.1, -0.05) is 0 Å². The molecule has 1 aromatic carbocycles. The van der Waals surface area contributed by atoms with Gasteiger partial charge in [-0.2, -0.15) is 12.6 Å². The fourth-order valence-electron chi connectivity index (χ4n) is 1.09. The summed E-state index contributed by atoms with van der Waals surface area (Å²) >= 11 is 3.82. The molecule has 4 nitrogen and oxygen atoms in total. The van der Waals surface area contributed by atoms with Gasteiger partial charge in [0, 0.05) is 17.4 Å².